The summed E-state index contributed by atoms with van der Waals surface area (Å²) >= 11 is 0. The minimum absolute atomic E-state index is 0. The van der Waals surface area contributed by atoms with Crippen molar-refractivity contribution in [2.24, 2.45) is 5.73 Å². The molecule has 0 bridgehead atoms. The second-order valence-electron chi connectivity index (χ2n) is 5.32. The summed E-state index contributed by atoms with van der Waals surface area (Å²) in [6.07, 6.45) is 1.36. The van der Waals surface area contributed by atoms with Gasteiger partial charge in [0, 0.05) is 6.26 Å². The highest BCUT2D eigenvalue weighted by Crippen LogP contribution is 2.13. The first kappa shape index (κ1) is 20.2. The molecule has 5 nitrogen and oxygen atoms in total. The van der Waals surface area contributed by atoms with E-state index in [-0.39, 0.29) is 30.3 Å². The van der Waals surface area contributed by atoms with Crippen LogP contribution in [0.15, 0.2) is 59.5 Å². The van der Waals surface area contributed by atoms with Gasteiger partial charge in [0.05, 0.1) is 4.90 Å². The molecule has 0 aliphatic rings. The SMILES string of the molecule is CS(=O)(=O)c1cccc(CC(N)C(=O)OCc2ccccc2)c1.Cl. The lowest BCUT2D eigenvalue weighted by Gasteiger charge is -2.12. The molecule has 1 unspecified atom stereocenters. The van der Waals surface area contributed by atoms with Crippen molar-refractivity contribution in [1.82, 2.24) is 0 Å². The van der Waals surface area contributed by atoms with Crippen molar-refractivity contribution in [3.63, 3.8) is 0 Å². The molecule has 7 heteroatoms. The number of hydrogen-bond acceptors (Lipinski definition) is 5. The summed E-state index contributed by atoms with van der Waals surface area (Å²) < 4.78 is 28.3. The van der Waals surface area contributed by atoms with E-state index < -0.39 is 21.8 Å². The molecule has 24 heavy (non-hydrogen) atoms. The maximum atomic E-state index is 11.9. The van der Waals surface area contributed by atoms with E-state index in [1.165, 1.54) is 12.1 Å². The predicted octanol–water partition coefficient (Wildman–Crippen LogP) is 2.13. The van der Waals surface area contributed by atoms with Gasteiger partial charge in [0.2, 0.25) is 0 Å². The zero-order valence-corrected chi connectivity index (χ0v) is 14.8. The molecule has 0 aliphatic carbocycles. The Bertz CT molecular complexity index is 778. The maximum absolute atomic E-state index is 11.9. The van der Waals surface area contributed by atoms with Crippen LogP contribution in [0.25, 0.3) is 0 Å². The maximum Gasteiger partial charge on any atom is 0.323 e. The van der Waals surface area contributed by atoms with Gasteiger partial charge in [-0.3, -0.25) is 4.79 Å². The monoisotopic (exact) mass is 369 g/mol. The summed E-state index contributed by atoms with van der Waals surface area (Å²) in [6.45, 7) is 0.163. The minimum atomic E-state index is -3.28. The number of carbonyl (C=O) groups is 1. The lowest BCUT2D eigenvalue weighted by Crippen LogP contribution is -2.34. The molecule has 130 valence electrons. The van der Waals surface area contributed by atoms with Gasteiger partial charge in [0.1, 0.15) is 12.6 Å². The molecule has 2 aromatic carbocycles. The number of esters is 1. The molecule has 0 radical (unpaired) electrons. The fourth-order valence-electron chi connectivity index (χ4n) is 2.08. The molecule has 0 aliphatic heterocycles. The van der Waals surface area contributed by atoms with Crippen LogP contribution in [0.1, 0.15) is 11.1 Å². The Kier molecular flexibility index (Phi) is 7.41. The summed E-state index contributed by atoms with van der Waals surface area (Å²) in [5, 5.41) is 0. The Morgan fingerprint density at radius 3 is 2.33 bits per heavy atom. The normalized spacial score (nSPS) is 12.1. The van der Waals surface area contributed by atoms with Crippen LogP contribution in [-0.2, 0) is 32.4 Å². The van der Waals surface area contributed by atoms with Gasteiger partial charge in [0.25, 0.3) is 0 Å². The molecule has 2 rings (SSSR count). The van der Waals surface area contributed by atoms with E-state index in [9.17, 15) is 13.2 Å². The fraction of sp³-hybridized carbons (Fsp3) is 0.235. The van der Waals surface area contributed by atoms with E-state index in [0.29, 0.717) is 5.56 Å². The third-order valence-corrected chi connectivity index (χ3v) is 4.42. The third-order valence-electron chi connectivity index (χ3n) is 3.31. The largest absolute Gasteiger partial charge is 0.460 e. The van der Waals surface area contributed by atoms with E-state index in [0.717, 1.165) is 11.8 Å². The molecule has 0 fully saturated rings. The highest BCUT2D eigenvalue weighted by molar-refractivity contribution is 7.90. The molecular formula is C17H20ClNO4S. The van der Waals surface area contributed by atoms with E-state index in [1.807, 2.05) is 30.3 Å². The lowest BCUT2D eigenvalue weighted by atomic mass is 10.1. The Morgan fingerprint density at radius 1 is 1.08 bits per heavy atom. The van der Waals surface area contributed by atoms with Crippen molar-refractivity contribution in [3.8, 4) is 0 Å². The van der Waals surface area contributed by atoms with Crippen LogP contribution >= 0.6 is 12.4 Å². The summed E-state index contributed by atoms with van der Waals surface area (Å²) in [5.41, 5.74) is 7.41. The van der Waals surface area contributed by atoms with Gasteiger partial charge in [-0.1, -0.05) is 42.5 Å². The summed E-state index contributed by atoms with van der Waals surface area (Å²) in [6, 6.07) is 14.9. The van der Waals surface area contributed by atoms with Gasteiger partial charge in [-0.05, 0) is 29.7 Å². The van der Waals surface area contributed by atoms with Gasteiger partial charge in [-0.2, -0.15) is 0 Å². The van der Waals surface area contributed by atoms with Crippen LogP contribution in [-0.4, -0.2) is 26.7 Å². The third kappa shape index (κ3) is 5.96. The standard InChI is InChI=1S/C17H19NO4S.ClH/c1-23(20,21)15-9-5-8-14(10-15)11-16(18)17(19)22-12-13-6-3-2-4-7-13;/h2-10,16H,11-12,18H2,1H3;1H. The van der Waals surface area contributed by atoms with Gasteiger partial charge < -0.3 is 10.5 Å². The molecule has 0 aromatic heterocycles. The minimum Gasteiger partial charge on any atom is -0.460 e. The molecule has 1 atom stereocenters. The topological polar surface area (TPSA) is 86.5 Å². The van der Waals surface area contributed by atoms with Crippen molar-refractivity contribution in [1.29, 1.82) is 0 Å². The molecule has 0 saturated heterocycles. The Labute approximate surface area is 148 Å². The second kappa shape index (κ2) is 8.82. The molecule has 2 N–H and O–H groups in total. The average Bonchev–Trinajstić information content (AvgIpc) is 2.53. The summed E-state index contributed by atoms with van der Waals surface area (Å²) in [5.74, 6) is -0.515. The summed E-state index contributed by atoms with van der Waals surface area (Å²) in [7, 11) is -3.28. The van der Waals surface area contributed by atoms with Crippen molar-refractivity contribution < 1.29 is 17.9 Å². The van der Waals surface area contributed by atoms with Gasteiger partial charge in [-0.25, -0.2) is 8.42 Å². The summed E-state index contributed by atoms with van der Waals surface area (Å²) in [4.78, 5) is 12.1. The quantitative estimate of drug-likeness (QED) is 0.788. The van der Waals surface area contributed by atoms with Gasteiger partial charge >= 0.3 is 5.97 Å². The number of sulfone groups is 1. The Balaban J connectivity index is 0.00000288. The van der Waals surface area contributed by atoms with Gasteiger partial charge in [-0.15, -0.1) is 12.4 Å². The Morgan fingerprint density at radius 2 is 1.71 bits per heavy atom. The fourth-order valence-corrected chi connectivity index (χ4v) is 2.77. The zero-order chi connectivity index (χ0) is 16.9. The number of ether oxygens (including phenoxy) is 1. The van der Waals surface area contributed by atoms with E-state index >= 15 is 0 Å². The highest BCUT2D eigenvalue weighted by atomic mass is 35.5. The zero-order valence-electron chi connectivity index (χ0n) is 13.2. The first-order valence-corrected chi connectivity index (χ1v) is 9.00. The van der Waals surface area contributed by atoms with Crippen LogP contribution in [0.3, 0.4) is 0 Å². The number of rotatable bonds is 6. The molecule has 0 amide bonds. The van der Waals surface area contributed by atoms with Crippen molar-refractivity contribution in [2.45, 2.75) is 24.0 Å². The van der Waals surface area contributed by atoms with Crippen molar-refractivity contribution in [3.05, 3.63) is 65.7 Å². The van der Waals surface area contributed by atoms with E-state index in [4.69, 9.17) is 10.5 Å². The number of carbonyl (C=O) groups excluding carboxylic acids is 1. The van der Waals surface area contributed by atoms with Crippen LogP contribution in [0.2, 0.25) is 0 Å². The molecule has 0 spiro atoms. The van der Waals surface area contributed by atoms with E-state index in [1.54, 1.807) is 12.1 Å². The predicted molar refractivity (Wildman–Crippen MR) is 94.7 cm³/mol. The molecule has 2 aromatic rings. The molecule has 0 saturated carbocycles. The van der Waals surface area contributed by atoms with Crippen molar-refractivity contribution in [2.75, 3.05) is 6.26 Å². The Hall–Kier alpha value is -1.89. The first-order valence-electron chi connectivity index (χ1n) is 7.11. The first-order chi connectivity index (χ1) is 10.9. The van der Waals surface area contributed by atoms with Crippen LogP contribution < -0.4 is 5.73 Å². The number of halogens is 1. The van der Waals surface area contributed by atoms with E-state index in [2.05, 4.69) is 0 Å². The van der Waals surface area contributed by atoms with Gasteiger partial charge in [0.15, 0.2) is 9.84 Å². The van der Waals surface area contributed by atoms with Crippen LogP contribution in [0, 0.1) is 0 Å². The van der Waals surface area contributed by atoms with Crippen LogP contribution in [0.4, 0.5) is 0 Å². The number of nitrogens with two attached hydrogens (primary N) is 1. The number of benzene rings is 2. The smallest absolute Gasteiger partial charge is 0.323 e. The molecular weight excluding hydrogens is 350 g/mol. The van der Waals surface area contributed by atoms with Crippen molar-refractivity contribution >= 4 is 28.2 Å². The average molecular weight is 370 g/mol. The molecule has 0 heterocycles. The lowest BCUT2D eigenvalue weighted by molar-refractivity contribution is -0.146. The second-order valence-corrected chi connectivity index (χ2v) is 7.34. The number of hydrogen-bond donors (Lipinski definition) is 1. The van der Waals surface area contributed by atoms with Crippen LogP contribution in [0.5, 0.6) is 0 Å². The highest BCUT2D eigenvalue weighted by Gasteiger charge is 2.17.